The van der Waals surface area contributed by atoms with E-state index in [1.165, 1.54) is 30.5 Å². The van der Waals surface area contributed by atoms with E-state index in [4.69, 9.17) is 11.6 Å². The Morgan fingerprint density at radius 1 is 1.17 bits per heavy atom. The van der Waals surface area contributed by atoms with Crippen molar-refractivity contribution in [1.29, 1.82) is 0 Å². The summed E-state index contributed by atoms with van der Waals surface area (Å²) in [6.45, 7) is 0. The number of anilines is 3. The molecule has 1 heterocycles. The summed E-state index contributed by atoms with van der Waals surface area (Å²) in [4.78, 5) is 3.81. The fourth-order valence-electron chi connectivity index (χ4n) is 1.73. The molecule has 2 aromatic rings. The molecule has 124 valence electrons. The fraction of sp³-hybridized carbons (Fsp3) is 0.154. The zero-order valence-corrected chi connectivity index (χ0v) is 13.2. The van der Waals surface area contributed by atoms with E-state index >= 15 is 0 Å². The molecule has 1 aromatic heterocycles. The van der Waals surface area contributed by atoms with Crippen LogP contribution in [0.4, 0.5) is 30.4 Å². The minimum atomic E-state index is -4.57. The molecular formula is C13H11ClF3N3O2S. The Kier molecular flexibility index (Phi) is 4.71. The van der Waals surface area contributed by atoms with Gasteiger partial charge in [0.1, 0.15) is 5.82 Å². The van der Waals surface area contributed by atoms with Crippen molar-refractivity contribution in [3.05, 3.63) is 47.1 Å². The normalized spacial score (nSPS) is 12.0. The lowest BCUT2D eigenvalue weighted by Gasteiger charge is -2.15. The maximum Gasteiger partial charge on any atom is 0.418 e. The molecule has 0 aliphatic heterocycles. The number of pyridine rings is 1. The number of halogens is 4. The third-order valence-electron chi connectivity index (χ3n) is 2.62. The zero-order valence-electron chi connectivity index (χ0n) is 11.6. The molecule has 5 nitrogen and oxygen atoms in total. The fourth-order valence-corrected chi connectivity index (χ4v) is 2.41. The summed E-state index contributed by atoms with van der Waals surface area (Å²) in [6.07, 6.45) is -2.40. The quantitative estimate of drug-likeness (QED) is 0.862. The number of nitrogens with zero attached hydrogens (tertiary/aromatic N) is 1. The average Bonchev–Trinajstić information content (AvgIpc) is 2.40. The molecular weight excluding hydrogens is 355 g/mol. The van der Waals surface area contributed by atoms with Gasteiger partial charge < -0.3 is 5.32 Å². The molecule has 1 aromatic carbocycles. The number of rotatable bonds is 4. The molecule has 0 aliphatic rings. The van der Waals surface area contributed by atoms with E-state index in [9.17, 15) is 21.6 Å². The van der Waals surface area contributed by atoms with E-state index in [0.29, 0.717) is 0 Å². The van der Waals surface area contributed by atoms with Gasteiger partial charge in [0, 0.05) is 5.02 Å². The van der Waals surface area contributed by atoms with Gasteiger partial charge in [0.15, 0.2) is 0 Å². The van der Waals surface area contributed by atoms with Crippen molar-refractivity contribution in [3.63, 3.8) is 0 Å². The molecule has 0 amide bonds. The van der Waals surface area contributed by atoms with Crippen molar-refractivity contribution in [2.45, 2.75) is 6.18 Å². The summed E-state index contributed by atoms with van der Waals surface area (Å²) in [5.74, 6) is 0.0604. The van der Waals surface area contributed by atoms with Crippen LogP contribution in [0.2, 0.25) is 5.02 Å². The Labute approximate surface area is 135 Å². The molecule has 0 radical (unpaired) electrons. The van der Waals surface area contributed by atoms with Crippen molar-refractivity contribution in [3.8, 4) is 0 Å². The Balaban J connectivity index is 2.26. The van der Waals surface area contributed by atoms with Gasteiger partial charge in [-0.1, -0.05) is 11.6 Å². The van der Waals surface area contributed by atoms with E-state index in [2.05, 4.69) is 15.0 Å². The Hall–Kier alpha value is -2.00. The lowest BCUT2D eigenvalue weighted by atomic mass is 10.1. The van der Waals surface area contributed by atoms with Gasteiger partial charge in [0.25, 0.3) is 0 Å². The van der Waals surface area contributed by atoms with Crippen LogP contribution in [0.15, 0.2) is 36.5 Å². The number of hydrogen-bond acceptors (Lipinski definition) is 4. The predicted octanol–water partition coefficient (Wildman–Crippen LogP) is 3.87. The third kappa shape index (κ3) is 5.00. The first-order valence-corrected chi connectivity index (χ1v) is 8.39. The molecule has 0 saturated carbocycles. The van der Waals surface area contributed by atoms with Gasteiger partial charge in [0.05, 0.1) is 29.4 Å². The van der Waals surface area contributed by atoms with E-state index in [1.807, 2.05) is 0 Å². The van der Waals surface area contributed by atoms with Crippen LogP contribution in [0, 0.1) is 0 Å². The second kappa shape index (κ2) is 6.25. The van der Waals surface area contributed by atoms with Gasteiger partial charge >= 0.3 is 6.18 Å². The Bertz CT molecular complexity index is 808. The molecule has 0 saturated heterocycles. The molecule has 0 fully saturated rings. The van der Waals surface area contributed by atoms with Crippen molar-refractivity contribution >= 4 is 38.8 Å². The SMILES string of the molecule is CS(=O)(=O)Nc1ccc(Nc2ccc(Cl)cc2C(F)(F)F)cn1. The minimum absolute atomic E-state index is 0.0336. The van der Waals surface area contributed by atoms with Crippen LogP contribution >= 0.6 is 11.6 Å². The molecule has 23 heavy (non-hydrogen) atoms. The molecule has 0 aliphatic carbocycles. The summed E-state index contributed by atoms with van der Waals surface area (Å²) in [7, 11) is -3.48. The van der Waals surface area contributed by atoms with Crippen LogP contribution in [0.1, 0.15) is 5.56 Å². The van der Waals surface area contributed by atoms with Crippen LogP contribution in [-0.2, 0) is 16.2 Å². The van der Waals surface area contributed by atoms with E-state index < -0.39 is 21.8 Å². The van der Waals surface area contributed by atoms with Crippen LogP contribution in [0.3, 0.4) is 0 Å². The van der Waals surface area contributed by atoms with E-state index in [-0.39, 0.29) is 22.2 Å². The first-order valence-electron chi connectivity index (χ1n) is 6.12. The first-order chi connectivity index (χ1) is 10.5. The second-order valence-corrected chi connectivity index (χ2v) is 6.80. The number of sulfonamides is 1. The van der Waals surface area contributed by atoms with Gasteiger partial charge in [-0.25, -0.2) is 13.4 Å². The largest absolute Gasteiger partial charge is 0.418 e. The van der Waals surface area contributed by atoms with Crippen LogP contribution in [-0.4, -0.2) is 19.7 Å². The lowest BCUT2D eigenvalue weighted by Crippen LogP contribution is -2.11. The predicted molar refractivity (Wildman–Crippen MR) is 82.4 cm³/mol. The minimum Gasteiger partial charge on any atom is -0.354 e. The highest BCUT2D eigenvalue weighted by molar-refractivity contribution is 7.92. The number of hydrogen-bond donors (Lipinski definition) is 2. The van der Waals surface area contributed by atoms with Crippen molar-refractivity contribution < 1.29 is 21.6 Å². The highest BCUT2D eigenvalue weighted by Crippen LogP contribution is 2.37. The van der Waals surface area contributed by atoms with Crippen molar-refractivity contribution in [1.82, 2.24) is 4.98 Å². The second-order valence-electron chi connectivity index (χ2n) is 4.62. The molecule has 0 spiro atoms. The summed E-state index contributed by atoms with van der Waals surface area (Å²) >= 11 is 5.60. The highest BCUT2D eigenvalue weighted by Gasteiger charge is 2.33. The third-order valence-corrected chi connectivity index (χ3v) is 3.43. The summed E-state index contributed by atoms with van der Waals surface area (Å²) in [6, 6.07) is 6.07. The standard InChI is InChI=1S/C13H11ClF3N3O2S/c1-23(21,22)20-12-5-3-9(7-18-12)19-11-4-2-8(14)6-10(11)13(15,16)17/h2-7,19H,1H3,(H,18,20). The average molecular weight is 366 g/mol. The Morgan fingerprint density at radius 3 is 2.39 bits per heavy atom. The molecule has 0 atom stereocenters. The van der Waals surface area contributed by atoms with Gasteiger partial charge in [-0.05, 0) is 30.3 Å². The zero-order chi connectivity index (χ0) is 17.3. The highest BCUT2D eigenvalue weighted by atomic mass is 35.5. The Morgan fingerprint density at radius 2 is 1.87 bits per heavy atom. The summed E-state index contributed by atoms with van der Waals surface area (Å²) < 4.78 is 63.2. The lowest BCUT2D eigenvalue weighted by molar-refractivity contribution is -0.136. The molecule has 2 rings (SSSR count). The van der Waals surface area contributed by atoms with Crippen LogP contribution in [0.25, 0.3) is 0 Å². The van der Waals surface area contributed by atoms with Crippen LogP contribution in [0.5, 0.6) is 0 Å². The van der Waals surface area contributed by atoms with Crippen LogP contribution < -0.4 is 10.0 Å². The van der Waals surface area contributed by atoms with E-state index in [0.717, 1.165) is 12.3 Å². The number of alkyl halides is 3. The van der Waals surface area contributed by atoms with Gasteiger partial charge in [0.2, 0.25) is 10.0 Å². The molecule has 10 heteroatoms. The number of nitrogens with one attached hydrogen (secondary N) is 2. The summed E-state index contributed by atoms with van der Waals surface area (Å²) in [5, 5.41) is 2.54. The first kappa shape index (κ1) is 17.4. The van der Waals surface area contributed by atoms with Gasteiger partial charge in [-0.2, -0.15) is 13.2 Å². The monoisotopic (exact) mass is 365 g/mol. The van der Waals surface area contributed by atoms with E-state index in [1.54, 1.807) is 0 Å². The number of benzene rings is 1. The molecule has 2 N–H and O–H groups in total. The smallest absolute Gasteiger partial charge is 0.354 e. The summed E-state index contributed by atoms with van der Waals surface area (Å²) in [5.41, 5.74) is -0.840. The topological polar surface area (TPSA) is 71.1 Å². The number of aromatic nitrogens is 1. The maximum absolute atomic E-state index is 13.0. The maximum atomic E-state index is 13.0. The molecule has 0 bridgehead atoms. The van der Waals surface area contributed by atoms with Gasteiger partial charge in [-0.15, -0.1) is 0 Å². The van der Waals surface area contributed by atoms with Crippen molar-refractivity contribution in [2.24, 2.45) is 0 Å². The van der Waals surface area contributed by atoms with Crippen molar-refractivity contribution in [2.75, 3.05) is 16.3 Å². The molecule has 0 unspecified atom stereocenters. The van der Waals surface area contributed by atoms with Gasteiger partial charge in [-0.3, -0.25) is 4.72 Å².